The number of rotatable bonds is 3. The molecule has 1 aromatic carbocycles. The first-order valence-electron chi connectivity index (χ1n) is 5.29. The normalized spacial score (nSPS) is 11.4. The third kappa shape index (κ3) is 3.65. The Morgan fingerprint density at radius 1 is 1.29 bits per heavy atom. The molecule has 0 saturated carbocycles. The summed E-state index contributed by atoms with van der Waals surface area (Å²) < 4.78 is 41.2. The van der Waals surface area contributed by atoms with Gasteiger partial charge in [-0.1, -0.05) is 11.6 Å². The average molecular weight is 460 g/mol. The van der Waals surface area contributed by atoms with Crippen LogP contribution >= 0.6 is 43.5 Å². The number of pyridine rings is 1. The van der Waals surface area contributed by atoms with Crippen LogP contribution in [-0.2, 0) is 10.0 Å². The van der Waals surface area contributed by atoms with Crippen molar-refractivity contribution in [2.75, 3.05) is 10.5 Å². The molecular weight excluding hydrogens is 452 g/mol. The van der Waals surface area contributed by atoms with Crippen molar-refractivity contribution < 1.29 is 12.8 Å². The molecule has 0 saturated heterocycles. The van der Waals surface area contributed by atoms with Crippen LogP contribution in [0.15, 0.2) is 38.2 Å². The van der Waals surface area contributed by atoms with Gasteiger partial charge < -0.3 is 5.73 Å². The van der Waals surface area contributed by atoms with E-state index in [9.17, 15) is 12.8 Å². The van der Waals surface area contributed by atoms with E-state index in [2.05, 4.69) is 41.6 Å². The number of halogens is 4. The van der Waals surface area contributed by atoms with Crippen molar-refractivity contribution in [3.8, 4) is 0 Å². The van der Waals surface area contributed by atoms with Gasteiger partial charge in [-0.05, 0) is 50.1 Å². The van der Waals surface area contributed by atoms with Gasteiger partial charge in [0.25, 0.3) is 10.0 Å². The summed E-state index contributed by atoms with van der Waals surface area (Å²) in [6, 6.07) is 3.40. The number of nitrogens with zero attached hydrogens (tertiary/aromatic N) is 1. The molecular formula is C11H7Br2ClFN3O2S. The molecule has 0 atom stereocenters. The summed E-state index contributed by atoms with van der Waals surface area (Å²) in [7, 11) is -4.19. The number of anilines is 2. The highest BCUT2D eigenvalue weighted by molar-refractivity contribution is 9.10. The molecule has 0 fully saturated rings. The Morgan fingerprint density at radius 2 is 1.95 bits per heavy atom. The molecule has 112 valence electrons. The molecule has 0 aliphatic heterocycles. The summed E-state index contributed by atoms with van der Waals surface area (Å²) in [5.41, 5.74) is 5.70. The van der Waals surface area contributed by atoms with Crippen molar-refractivity contribution in [3.05, 3.63) is 44.3 Å². The fraction of sp³-hybridized carbons (Fsp3) is 0. The lowest BCUT2D eigenvalue weighted by Crippen LogP contribution is -2.15. The lowest BCUT2D eigenvalue weighted by molar-refractivity contribution is 0.570. The van der Waals surface area contributed by atoms with Gasteiger partial charge in [-0.15, -0.1) is 0 Å². The third-order valence-electron chi connectivity index (χ3n) is 2.39. The number of hydrogen-bond acceptors (Lipinski definition) is 4. The lowest BCUT2D eigenvalue weighted by Gasteiger charge is -2.11. The molecule has 5 nitrogen and oxygen atoms in total. The molecule has 0 unspecified atom stereocenters. The van der Waals surface area contributed by atoms with Gasteiger partial charge in [0.2, 0.25) is 0 Å². The Morgan fingerprint density at radius 3 is 2.62 bits per heavy atom. The van der Waals surface area contributed by atoms with E-state index in [1.165, 1.54) is 12.3 Å². The fourth-order valence-corrected chi connectivity index (χ4v) is 3.45. The molecule has 3 N–H and O–H groups in total. The van der Waals surface area contributed by atoms with Gasteiger partial charge >= 0.3 is 0 Å². The van der Waals surface area contributed by atoms with E-state index < -0.39 is 20.7 Å². The largest absolute Gasteiger partial charge is 0.398 e. The maximum atomic E-state index is 13.8. The lowest BCUT2D eigenvalue weighted by atomic mass is 10.3. The second-order valence-electron chi connectivity index (χ2n) is 3.90. The number of sulfonamides is 1. The van der Waals surface area contributed by atoms with Crippen LogP contribution in [0.4, 0.5) is 15.8 Å². The number of benzene rings is 1. The smallest absolute Gasteiger partial charge is 0.264 e. The summed E-state index contributed by atoms with van der Waals surface area (Å²) in [6.45, 7) is 0. The fourth-order valence-electron chi connectivity index (χ4n) is 1.44. The second kappa shape index (κ2) is 6.07. The second-order valence-corrected chi connectivity index (χ2v) is 7.68. The molecule has 0 amide bonds. The molecule has 0 bridgehead atoms. The van der Waals surface area contributed by atoms with Crippen LogP contribution in [0.25, 0.3) is 0 Å². The van der Waals surface area contributed by atoms with E-state index in [0.29, 0.717) is 4.47 Å². The minimum Gasteiger partial charge on any atom is -0.398 e. The highest BCUT2D eigenvalue weighted by Crippen LogP contribution is 2.29. The SMILES string of the molecule is Nc1cc(S(=O)(=O)Nc2cc(Br)cnc2Cl)c(F)cc1Br. The van der Waals surface area contributed by atoms with Crippen molar-refractivity contribution >= 4 is 64.9 Å². The summed E-state index contributed by atoms with van der Waals surface area (Å²) >= 11 is 12.0. The molecule has 1 aromatic heterocycles. The maximum absolute atomic E-state index is 13.8. The van der Waals surface area contributed by atoms with Gasteiger partial charge in [-0.25, -0.2) is 17.8 Å². The molecule has 2 aromatic rings. The monoisotopic (exact) mass is 457 g/mol. The first-order valence-corrected chi connectivity index (χ1v) is 8.74. The number of nitrogens with two attached hydrogens (primary N) is 1. The van der Waals surface area contributed by atoms with Crippen LogP contribution < -0.4 is 10.5 Å². The van der Waals surface area contributed by atoms with E-state index in [1.54, 1.807) is 0 Å². The zero-order chi connectivity index (χ0) is 15.8. The quantitative estimate of drug-likeness (QED) is 0.540. The molecule has 0 radical (unpaired) electrons. The van der Waals surface area contributed by atoms with Gasteiger partial charge in [0.05, 0.1) is 5.69 Å². The zero-order valence-electron chi connectivity index (χ0n) is 10.1. The standard InChI is InChI=1S/C11H7Br2ClFN3O2S/c12-5-1-9(11(14)17-4-5)18-21(19,20)10-3-8(16)6(13)2-7(10)15/h1-4,18H,16H2. The minimum absolute atomic E-state index is 0.0203. The van der Waals surface area contributed by atoms with Gasteiger partial charge in [0.1, 0.15) is 10.7 Å². The molecule has 0 aliphatic rings. The van der Waals surface area contributed by atoms with Crippen LogP contribution in [0.3, 0.4) is 0 Å². The highest BCUT2D eigenvalue weighted by Gasteiger charge is 2.22. The summed E-state index contributed by atoms with van der Waals surface area (Å²) in [5, 5.41) is -0.0627. The maximum Gasteiger partial charge on any atom is 0.264 e. The number of hydrogen-bond donors (Lipinski definition) is 2. The van der Waals surface area contributed by atoms with E-state index in [1.807, 2.05) is 0 Å². The van der Waals surface area contributed by atoms with Gasteiger partial charge in [0.15, 0.2) is 5.15 Å². The molecule has 21 heavy (non-hydrogen) atoms. The van der Waals surface area contributed by atoms with E-state index >= 15 is 0 Å². The first-order chi connectivity index (χ1) is 9.70. The topological polar surface area (TPSA) is 85.1 Å². The minimum atomic E-state index is -4.19. The predicted molar refractivity (Wildman–Crippen MR) is 86.3 cm³/mol. The third-order valence-corrected chi connectivity index (χ3v) is 5.19. The Balaban J connectivity index is 2.48. The first kappa shape index (κ1) is 16.5. The number of aromatic nitrogens is 1. The van der Waals surface area contributed by atoms with Crippen molar-refractivity contribution in [2.24, 2.45) is 0 Å². The predicted octanol–water partition coefficient (Wildman–Crippen LogP) is 3.78. The van der Waals surface area contributed by atoms with Crippen LogP contribution in [0, 0.1) is 5.82 Å². The summed E-state index contributed by atoms with van der Waals surface area (Å²) in [4.78, 5) is 3.19. The molecule has 0 spiro atoms. The van der Waals surface area contributed by atoms with Gasteiger partial charge in [-0.3, -0.25) is 4.72 Å². The van der Waals surface area contributed by atoms with Gasteiger partial charge in [-0.2, -0.15) is 0 Å². The van der Waals surface area contributed by atoms with Crippen molar-refractivity contribution in [1.29, 1.82) is 0 Å². The Hall–Kier alpha value is -0.900. The van der Waals surface area contributed by atoms with Crippen LogP contribution in [0.1, 0.15) is 0 Å². The van der Waals surface area contributed by atoms with E-state index in [0.717, 1.165) is 12.1 Å². The zero-order valence-corrected chi connectivity index (χ0v) is 14.8. The molecule has 1 heterocycles. The van der Waals surface area contributed by atoms with E-state index in [-0.39, 0.29) is 21.0 Å². The molecule has 2 rings (SSSR count). The molecule has 0 aliphatic carbocycles. The Labute approximate surface area is 142 Å². The highest BCUT2D eigenvalue weighted by atomic mass is 79.9. The van der Waals surface area contributed by atoms with Crippen molar-refractivity contribution in [1.82, 2.24) is 4.98 Å². The average Bonchev–Trinajstić information content (AvgIpc) is 2.37. The van der Waals surface area contributed by atoms with Gasteiger partial charge in [0, 0.05) is 20.8 Å². The van der Waals surface area contributed by atoms with Crippen molar-refractivity contribution in [2.45, 2.75) is 4.90 Å². The number of nitrogen functional groups attached to an aromatic ring is 1. The van der Waals surface area contributed by atoms with Crippen LogP contribution in [0.5, 0.6) is 0 Å². The summed E-state index contributed by atoms with van der Waals surface area (Å²) in [5.74, 6) is -0.942. The Bertz CT molecular complexity index is 817. The molecule has 10 heteroatoms. The Kier molecular flexibility index (Phi) is 4.76. The van der Waals surface area contributed by atoms with Crippen LogP contribution in [0.2, 0.25) is 5.15 Å². The summed E-state index contributed by atoms with van der Waals surface area (Å²) in [6.07, 6.45) is 1.40. The van der Waals surface area contributed by atoms with Crippen molar-refractivity contribution in [3.63, 3.8) is 0 Å². The number of nitrogens with one attached hydrogen (secondary N) is 1. The van der Waals surface area contributed by atoms with E-state index in [4.69, 9.17) is 17.3 Å². The van der Waals surface area contributed by atoms with Crippen LogP contribution in [-0.4, -0.2) is 13.4 Å².